The normalized spacial score (nSPS) is 16.9. The first kappa shape index (κ1) is 24.0. The van der Waals surface area contributed by atoms with Gasteiger partial charge in [-0.3, -0.25) is 9.59 Å². The molecule has 1 aliphatic heterocycles. The van der Waals surface area contributed by atoms with Crippen LogP contribution in [0.5, 0.6) is 0 Å². The van der Waals surface area contributed by atoms with Gasteiger partial charge in [0.25, 0.3) is 0 Å². The van der Waals surface area contributed by atoms with Crippen LogP contribution in [0.25, 0.3) is 11.4 Å². The minimum absolute atomic E-state index is 0.0499. The molecular weight excluding hydrogens is 428 g/mol. The van der Waals surface area contributed by atoms with Crippen molar-refractivity contribution in [1.82, 2.24) is 20.2 Å². The summed E-state index contributed by atoms with van der Waals surface area (Å²) in [5.74, 6) is 3.07. The zero-order valence-corrected chi connectivity index (χ0v) is 20.1. The Bertz CT molecular complexity index is 953. The lowest BCUT2D eigenvalue weighted by Crippen LogP contribution is -2.49. The van der Waals surface area contributed by atoms with Gasteiger partial charge < -0.3 is 20.4 Å². The number of piperazine rings is 1. The van der Waals surface area contributed by atoms with Crippen molar-refractivity contribution in [2.45, 2.75) is 45.4 Å². The Morgan fingerprint density at radius 1 is 0.971 bits per heavy atom. The first-order chi connectivity index (χ1) is 16.6. The highest BCUT2D eigenvalue weighted by Crippen LogP contribution is 2.28. The molecule has 182 valence electrons. The van der Waals surface area contributed by atoms with E-state index in [9.17, 15) is 9.59 Å². The predicted molar refractivity (Wildman–Crippen MR) is 135 cm³/mol. The first-order valence-electron chi connectivity index (χ1n) is 12.5. The Hall–Kier alpha value is -3.16. The van der Waals surface area contributed by atoms with Crippen LogP contribution in [-0.2, 0) is 9.59 Å². The van der Waals surface area contributed by atoms with Gasteiger partial charge in [-0.15, -0.1) is 0 Å². The molecule has 8 nitrogen and oxygen atoms in total. The largest absolute Gasteiger partial charge is 0.368 e. The fourth-order valence-electron chi connectivity index (χ4n) is 4.78. The van der Waals surface area contributed by atoms with Crippen LogP contribution in [0.4, 0.5) is 11.6 Å². The van der Waals surface area contributed by atoms with Gasteiger partial charge in [-0.25, -0.2) is 9.97 Å². The van der Waals surface area contributed by atoms with E-state index in [1.807, 2.05) is 41.3 Å². The zero-order chi connectivity index (χ0) is 23.8. The van der Waals surface area contributed by atoms with Crippen LogP contribution in [0, 0.1) is 5.92 Å². The average Bonchev–Trinajstić information content (AvgIpc) is 2.87. The molecule has 0 unspecified atom stereocenters. The van der Waals surface area contributed by atoms with E-state index in [1.165, 1.54) is 39.0 Å². The van der Waals surface area contributed by atoms with Crippen LogP contribution in [0.1, 0.15) is 45.4 Å². The fourth-order valence-corrected chi connectivity index (χ4v) is 4.78. The van der Waals surface area contributed by atoms with Crippen molar-refractivity contribution in [3.05, 3.63) is 36.4 Å². The molecule has 1 saturated carbocycles. The summed E-state index contributed by atoms with van der Waals surface area (Å²) in [5, 5.41) is 6.10. The molecule has 1 aromatic heterocycles. The van der Waals surface area contributed by atoms with Crippen LogP contribution in [-0.4, -0.2) is 66.0 Å². The Labute approximate surface area is 202 Å². The predicted octanol–water partition coefficient (Wildman–Crippen LogP) is 3.31. The number of aromatic nitrogens is 2. The molecule has 0 spiro atoms. The van der Waals surface area contributed by atoms with Gasteiger partial charge >= 0.3 is 0 Å². The van der Waals surface area contributed by atoms with Crippen molar-refractivity contribution < 1.29 is 9.59 Å². The van der Waals surface area contributed by atoms with Crippen molar-refractivity contribution in [3.8, 4) is 11.4 Å². The van der Waals surface area contributed by atoms with E-state index >= 15 is 0 Å². The maximum absolute atomic E-state index is 12.8. The number of hydrogen-bond acceptors (Lipinski definition) is 6. The lowest BCUT2D eigenvalue weighted by Gasteiger charge is -2.36. The van der Waals surface area contributed by atoms with E-state index in [2.05, 4.69) is 15.5 Å². The molecule has 8 heteroatoms. The number of carbonyl (C=O) groups is 2. The van der Waals surface area contributed by atoms with Crippen molar-refractivity contribution in [2.24, 2.45) is 5.92 Å². The standard InChI is InChI=1S/C26H36N6O2/c1-20(33)27-12-13-28-23-19-24(30-26(29-23)22-10-6-3-7-11-22)31-14-16-32(17-15-31)25(34)18-21-8-4-2-5-9-21/h3,6-7,10-11,19,21H,2,4-5,8-9,12-18H2,1H3,(H,27,33)(H,28,29,30). The van der Waals surface area contributed by atoms with E-state index in [-0.39, 0.29) is 5.91 Å². The Balaban J connectivity index is 1.41. The number of hydrogen-bond donors (Lipinski definition) is 2. The highest BCUT2D eigenvalue weighted by molar-refractivity contribution is 5.77. The van der Waals surface area contributed by atoms with Crippen molar-refractivity contribution in [1.29, 1.82) is 0 Å². The molecule has 2 aromatic rings. The number of benzene rings is 1. The molecular formula is C26H36N6O2. The third-order valence-corrected chi connectivity index (χ3v) is 6.69. The maximum Gasteiger partial charge on any atom is 0.222 e. The average molecular weight is 465 g/mol. The van der Waals surface area contributed by atoms with E-state index < -0.39 is 0 Å². The molecule has 1 saturated heterocycles. The van der Waals surface area contributed by atoms with Crippen LogP contribution in [0.15, 0.2) is 36.4 Å². The van der Waals surface area contributed by atoms with Gasteiger partial charge in [-0.1, -0.05) is 49.6 Å². The monoisotopic (exact) mass is 464 g/mol. The number of nitrogens with zero attached hydrogens (tertiary/aromatic N) is 4. The van der Waals surface area contributed by atoms with Gasteiger partial charge in [0, 0.05) is 64.2 Å². The molecule has 2 aliphatic rings. The van der Waals surface area contributed by atoms with Crippen LogP contribution in [0.3, 0.4) is 0 Å². The third kappa shape index (κ3) is 6.68. The SMILES string of the molecule is CC(=O)NCCNc1cc(N2CCN(C(=O)CC3CCCCC3)CC2)nc(-c2ccccc2)n1. The summed E-state index contributed by atoms with van der Waals surface area (Å²) in [6.07, 6.45) is 6.96. The van der Waals surface area contributed by atoms with E-state index in [4.69, 9.17) is 9.97 Å². The van der Waals surface area contributed by atoms with Gasteiger partial charge in [0.2, 0.25) is 11.8 Å². The van der Waals surface area contributed by atoms with Crippen molar-refractivity contribution >= 4 is 23.5 Å². The number of rotatable bonds is 8. The molecule has 2 heterocycles. The summed E-state index contributed by atoms with van der Waals surface area (Å²) < 4.78 is 0. The topological polar surface area (TPSA) is 90.5 Å². The van der Waals surface area contributed by atoms with E-state index in [0.717, 1.165) is 43.4 Å². The quantitative estimate of drug-likeness (QED) is 0.583. The van der Waals surface area contributed by atoms with Gasteiger partial charge in [0.05, 0.1) is 0 Å². The van der Waals surface area contributed by atoms with Gasteiger partial charge in [0.1, 0.15) is 11.6 Å². The number of amides is 2. The number of anilines is 2. The summed E-state index contributed by atoms with van der Waals surface area (Å²) >= 11 is 0. The second kappa shape index (κ2) is 11.8. The molecule has 1 aliphatic carbocycles. The van der Waals surface area contributed by atoms with Gasteiger partial charge in [0.15, 0.2) is 5.82 Å². The van der Waals surface area contributed by atoms with E-state index in [1.54, 1.807) is 0 Å². The van der Waals surface area contributed by atoms with Gasteiger partial charge in [-0.2, -0.15) is 0 Å². The summed E-state index contributed by atoms with van der Waals surface area (Å²) in [6, 6.07) is 11.9. The van der Waals surface area contributed by atoms with Crippen LogP contribution >= 0.6 is 0 Å². The lowest BCUT2D eigenvalue weighted by atomic mass is 9.86. The summed E-state index contributed by atoms with van der Waals surface area (Å²) in [5.41, 5.74) is 0.954. The summed E-state index contributed by atoms with van der Waals surface area (Å²) in [6.45, 7) is 5.57. The summed E-state index contributed by atoms with van der Waals surface area (Å²) in [4.78, 5) is 37.8. The Morgan fingerprint density at radius 3 is 2.41 bits per heavy atom. The summed E-state index contributed by atoms with van der Waals surface area (Å²) in [7, 11) is 0. The maximum atomic E-state index is 12.8. The molecule has 1 aromatic carbocycles. The second-order valence-electron chi connectivity index (χ2n) is 9.29. The van der Waals surface area contributed by atoms with Crippen LogP contribution in [0.2, 0.25) is 0 Å². The molecule has 2 amide bonds. The van der Waals surface area contributed by atoms with E-state index in [0.29, 0.717) is 37.2 Å². The van der Waals surface area contributed by atoms with Crippen molar-refractivity contribution in [2.75, 3.05) is 49.5 Å². The Morgan fingerprint density at radius 2 is 1.71 bits per heavy atom. The molecule has 2 N–H and O–H groups in total. The molecule has 2 fully saturated rings. The van der Waals surface area contributed by atoms with Crippen LogP contribution < -0.4 is 15.5 Å². The Kier molecular flexibility index (Phi) is 8.33. The minimum Gasteiger partial charge on any atom is -0.368 e. The highest BCUT2D eigenvalue weighted by atomic mass is 16.2. The highest BCUT2D eigenvalue weighted by Gasteiger charge is 2.25. The molecule has 4 rings (SSSR count). The zero-order valence-electron chi connectivity index (χ0n) is 20.1. The van der Waals surface area contributed by atoms with Gasteiger partial charge in [-0.05, 0) is 18.8 Å². The first-order valence-corrected chi connectivity index (χ1v) is 12.5. The molecule has 34 heavy (non-hydrogen) atoms. The smallest absolute Gasteiger partial charge is 0.222 e. The molecule has 0 bridgehead atoms. The molecule has 0 radical (unpaired) electrons. The number of carbonyl (C=O) groups excluding carboxylic acids is 2. The second-order valence-corrected chi connectivity index (χ2v) is 9.29. The number of nitrogens with one attached hydrogen (secondary N) is 2. The fraction of sp³-hybridized carbons (Fsp3) is 0.538. The molecule has 0 atom stereocenters. The lowest BCUT2D eigenvalue weighted by molar-refractivity contribution is -0.132. The van der Waals surface area contributed by atoms with Crippen molar-refractivity contribution in [3.63, 3.8) is 0 Å². The minimum atomic E-state index is -0.0499. The third-order valence-electron chi connectivity index (χ3n) is 6.69.